The van der Waals surface area contributed by atoms with Crippen molar-refractivity contribution >= 4 is 17.3 Å². The van der Waals surface area contributed by atoms with E-state index in [1.54, 1.807) is 6.07 Å². The Bertz CT molecular complexity index is 1780. The van der Waals surface area contributed by atoms with Crippen LogP contribution in [0.15, 0.2) is 54.6 Å². The quantitative estimate of drug-likeness (QED) is 0.113. The van der Waals surface area contributed by atoms with Crippen molar-refractivity contribution in [2.45, 2.75) is 157 Å². The third-order valence-corrected chi connectivity index (χ3v) is 11.0. The number of nitrogens with one attached hydrogen (secondary N) is 2. The first-order valence-corrected chi connectivity index (χ1v) is 20.5. The molecule has 56 heavy (non-hydrogen) atoms. The summed E-state index contributed by atoms with van der Waals surface area (Å²) in [6, 6.07) is 18.9. The Hall–Kier alpha value is -4.01. The maximum atomic E-state index is 11.6. The average molecular weight is 808 g/mol. The molecule has 0 amide bonds. The van der Waals surface area contributed by atoms with Crippen LogP contribution >= 0.6 is 0 Å². The van der Waals surface area contributed by atoms with Crippen LogP contribution in [0.4, 0.5) is 11.4 Å². The number of aromatic nitrogens is 1. The first-order valence-electron chi connectivity index (χ1n) is 20.5. The standard InChI is InChI=1S/C35H51N3.C13H16O4.Co/c1-20(2)28-16-24(9)17-29(21(3)4)34(28)36-26(11)32-14-13-15-33(38-32)27(12)37-35-30(22(5)6)18-25(10)19-31(35)23(7)8;14-10-7-6-9(8-4-2-1-3-5-8)11(12(10)15)13(16)17;/h13-23,26-27,36-37H,1-12H3;6-8,14-15H,1-5H2,(H,16,17);/p-1. The minimum absolute atomic E-state index is 0. The number of carbonyl (C=O) groups is 1. The number of anilines is 2. The molecule has 0 spiro atoms. The molecule has 1 aliphatic carbocycles. The van der Waals surface area contributed by atoms with Gasteiger partial charge in [-0.3, -0.25) is 4.98 Å². The Kier molecular flexibility index (Phi) is 16.9. The van der Waals surface area contributed by atoms with Crippen molar-refractivity contribution in [2.75, 3.05) is 10.6 Å². The van der Waals surface area contributed by atoms with E-state index >= 15 is 0 Å². The first kappa shape index (κ1) is 46.4. The van der Waals surface area contributed by atoms with Crippen LogP contribution in [0.25, 0.3) is 0 Å². The fraction of sp³-hybridized carbons (Fsp3) is 0.500. The Morgan fingerprint density at radius 2 is 1.07 bits per heavy atom. The zero-order valence-electron chi connectivity index (χ0n) is 35.8. The van der Waals surface area contributed by atoms with Gasteiger partial charge in [0.2, 0.25) is 0 Å². The number of hydrogen-bond acceptors (Lipinski definition) is 6. The van der Waals surface area contributed by atoms with Gasteiger partial charge in [-0.25, -0.2) is 4.79 Å². The monoisotopic (exact) mass is 807 g/mol. The van der Waals surface area contributed by atoms with E-state index < -0.39 is 17.5 Å². The van der Waals surface area contributed by atoms with Gasteiger partial charge in [0.05, 0.1) is 29.0 Å². The molecular formula is C48H66CoN3O4-. The predicted molar refractivity (Wildman–Crippen MR) is 227 cm³/mol. The molecule has 8 heteroatoms. The molecule has 0 saturated heterocycles. The van der Waals surface area contributed by atoms with Gasteiger partial charge >= 0.3 is 5.97 Å². The van der Waals surface area contributed by atoms with Gasteiger partial charge in [-0.1, -0.05) is 128 Å². The molecule has 5 rings (SSSR count). The number of rotatable bonds is 12. The van der Waals surface area contributed by atoms with E-state index in [4.69, 9.17) is 10.1 Å². The minimum atomic E-state index is -1.24. The van der Waals surface area contributed by atoms with Crippen LogP contribution in [0.2, 0.25) is 0 Å². The molecule has 7 nitrogen and oxygen atoms in total. The zero-order chi connectivity index (χ0) is 40.7. The van der Waals surface area contributed by atoms with Crippen molar-refractivity contribution < 1.29 is 36.9 Å². The molecular weight excluding hydrogens is 741 g/mol. The third kappa shape index (κ3) is 11.3. The van der Waals surface area contributed by atoms with Gasteiger partial charge in [0.1, 0.15) is 5.75 Å². The van der Waals surface area contributed by atoms with Gasteiger partial charge in [-0.15, -0.1) is 0 Å². The second-order valence-corrected chi connectivity index (χ2v) is 17.0. The van der Waals surface area contributed by atoms with Crippen LogP contribution in [0.5, 0.6) is 11.5 Å². The van der Waals surface area contributed by atoms with E-state index in [9.17, 15) is 15.0 Å². The smallest absolute Gasteiger partial charge is 0.335 e. The van der Waals surface area contributed by atoms with Gasteiger partial charge in [-0.05, 0) is 116 Å². The molecule has 1 saturated carbocycles. The van der Waals surface area contributed by atoms with Crippen LogP contribution in [0.3, 0.4) is 0 Å². The number of carboxylic acids is 1. The van der Waals surface area contributed by atoms with Crippen molar-refractivity contribution in [1.82, 2.24) is 4.98 Å². The Morgan fingerprint density at radius 3 is 1.43 bits per heavy atom. The Morgan fingerprint density at radius 1 is 0.679 bits per heavy atom. The summed E-state index contributed by atoms with van der Waals surface area (Å²) < 4.78 is 0. The molecule has 2 unspecified atom stereocenters. The molecule has 3 aromatic carbocycles. The van der Waals surface area contributed by atoms with E-state index in [0.717, 1.165) is 37.1 Å². The fourth-order valence-corrected chi connectivity index (χ4v) is 7.93. The molecule has 4 N–H and O–H groups in total. The normalized spacial score (nSPS) is 14.3. The molecule has 1 heterocycles. The second kappa shape index (κ2) is 20.4. The topological polar surface area (TPSA) is 118 Å². The summed E-state index contributed by atoms with van der Waals surface area (Å²) >= 11 is 0. The van der Waals surface area contributed by atoms with Crippen molar-refractivity contribution in [3.05, 3.63) is 110 Å². The van der Waals surface area contributed by atoms with Crippen molar-refractivity contribution in [2.24, 2.45) is 0 Å². The maximum Gasteiger partial charge on any atom is 0.335 e. The average Bonchev–Trinajstić information content (AvgIpc) is 3.13. The third-order valence-electron chi connectivity index (χ3n) is 11.0. The summed E-state index contributed by atoms with van der Waals surface area (Å²) in [5.74, 6) is -0.552. The van der Waals surface area contributed by atoms with Crippen LogP contribution in [0, 0.1) is 13.8 Å². The van der Waals surface area contributed by atoms with Crippen molar-refractivity contribution in [3.63, 3.8) is 0 Å². The van der Waals surface area contributed by atoms with E-state index in [-0.39, 0.29) is 40.3 Å². The molecule has 1 fully saturated rings. The Labute approximate surface area is 347 Å². The summed E-state index contributed by atoms with van der Waals surface area (Å²) in [5.41, 5.74) is 13.2. The van der Waals surface area contributed by atoms with E-state index in [1.165, 1.54) is 57.2 Å². The van der Waals surface area contributed by atoms with Gasteiger partial charge in [0.15, 0.2) is 0 Å². The second-order valence-electron chi connectivity index (χ2n) is 17.0. The summed E-state index contributed by atoms with van der Waals surface area (Å²) in [7, 11) is 0. The number of carboxylic acid groups (broad SMARTS) is 1. The molecule has 4 aromatic rings. The van der Waals surface area contributed by atoms with Crippen molar-refractivity contribution in [3.8, 4) is 11.5 Å². The number of benzene rings is 3. The maximum absolute atomic E-state index is 11.6. The summed E-state index contributed by atoms with van der Waals surface area (Å²) in [6.07, 6.45) is 5.15. The van der Waals surface area contributed by atoms with E-state index in [0.29, 0.717) is 29.2 Å². The molecule has 307 valence electrons. The van der Waals surface area contributed by atoms with Crippen LogP contribution < -0.4 is 15.7 Å². The predicted octanol–water partition coefficient (Wildman–Crippen LogP) is 12.7. The number of nitrogens with zero attached hydrogens (tertiary/aromatic N) is 1. The van der Waals surface area contributed by atoms with Gasteiger partial charge in [0.25, 0.3) is 0 Å². The Balaban J connectivity index is 0.000000389. The summed E-state index contributed by atoms with van der Waals surface area (Å²) in [4.78, 5) is 16.3. The van der Waals surface area contributed by atoms with Gasteiger partial charge in [0, 0.05) is 28.2 Å². The van der Waals surface area contributed by atoms with E-state index in [2.05, 4.69) is 136 Å². The van der Waals surface area contributed by atoms with Crippen LogP contribution in [0.1, 0.15) is 204 Å². The number of aromatic hydroxyl groups is 1. The van der Waals surface area contributed by atoms with Gasteiger partial charge in [-0.2, -0.15) is 0 Å². The number of aryl methyl sites for hydroxylation is 2. The number of pyridine rings is 1. The number of phenolic OH excluding ortho intramolecular Hbond substituents is 1. The number of hydrogen-bond donors (Lipinski definition) is 4. The fourth-order valence-electron chi connectivity index (χ4n) is 7.93. The zero-order valence-corrected chi connectivity index (χ0v) is 36.8. The molecule has 1 aromatic heterocycles. The van der Waals surface area contributed by atoms with Crippen molar-refractivity contribution in [1.29, 1.82) is 0 Å². The van der Waals surface area contributed by atoms with Gasteiger partial charge < -0.3 is 26.0 Å². The number of phenols is 1. The van der Waals surface area contributed by atoms with Crippen LogP contribution in [-0.2, 0) is 16.8 Å². The summed E-state index contributed by atoms with van der Waals surface area (Å²) in [5, 5.41) is 37.8. The molecule has 0 bridgehead atoms. The first-order chi connectivity index (χ1) is 25.9. The minimum Gasteiger partial charge on any atom is -0.869 e. The van der Waals surface area contributed by atoms with Crippen LogP contribution in [-0.4, -0.2) is 21.2 Å². The molecule has 0 aliphatic heterocycles. The molecule has 2 atom stereocenters. The van der Waals surface area contributed by atoms with E-state index in [1.807, 2.05) is 0 Å². The largest absolute Gasteiger partial charge is 0.869 e. The summed E-state index contributed by atoms with van der Waals surface area (Å²) in [6.45, 7) is 27.1. The SMILES string of the molecule is Cc1cc(C(C)C)c(NC(C)c2cccc(C(C)Nc3c(C(C)C)cc(C)cc3C(C)C)n2)c(C(C)C)c1.O=C(O)c1c(C2CCCCC2)ccc(O)c1[O-].[Co]. The number of aromatic carboxylic acids is 1. The molecule has 1 aliphatic rings. The molecule has 1 radical (unpaired) electrons.